The van der Waals surface area contributed by atoms with E-state index in [0.29, 0.717) is 5.69 Å². The summed E-state index contributed by atoms with van der Waals surface area (Å²) in [6.45, 7) is 5.43. The molecule has 2 aromatic carbocycles. The molecule has 0 heterocycles. The number of nitrogens with one attached hydrogen (secondary N) is 1. The van der Waals surface area contributed by atoms with Crippen molar-refractivity contribution in [1.82, 2.24) is 4.72 Å². The molecule has 4 nitrogen and oxygen atoms in total. The van der Waals surface area contributed by atoms with Crippen LogP contribution in [0, 0.1) is 0 Å². The minimum atomic E-state index is -3.50. The van der Waals surface area contributed by atoms with Gasteiger partial charge in [-0.05, 0) is 56.2 Å². The maximum atomic E-state index is 12.2. The van der Waals surface area contributed by atoms with E-state index < -0.39 is 15.6 Å². The fourth-order valence-electron chi connectivity index (χ4n) is 2.01. The Morgan fingerprint density at radius 1 is 0.952 bits per heavy atom. The van der Waals surface area contributed by atoms with Crippen molar-refractivity contribution in [2.75, 3.05) is 5.73 Å². The minimum absolute atomic E-state index is 0.255. The Morgan fingerprint density at radius 2 is 1.57 bits per heavy atom. The molecule has 0 amide bonds. The molecule has 0 fully saturated rings. The zero-order valence-corrected chi connectivity index (χ0v) is 13.2. The summed E-state index contributed by atoms with van der Waals surface area (Å²) in [5.74, 6) is 0. The number of sulfonamides is 1. The molecule has 0 saturated carbocycles. The molecule has 0 spiro atoms. The van der Waals surface area contributed by atoms with Gasteiger partial charge in [0.1, 0.15) is 0 Å². The molecule has 0 unspecified atom stereocenters. The number of rotatable bonds is 3. The van der Waals surface area contributed by atoms with Crippen LogP contribution in [0.1, 0.15) is 20.8 Å². The molecular weight excluding hydrogens is 284 g/mol. The van der Waals surface area contributed by atoms with E-state index in [0.717, 1.165) is 11.1 Å². The predicted octanol–water partition coefficient (Wildman–Crippen LogP) is 3.01. The molecule has 0 aliphatic heterocycles. The highest BCUT2D eigenvalue weighted by Crippen LogP contribution is 2.23. The van der Waals surface area contributed by atoms with Crippen LogP contribution in [-0.4, -0.2) is 14.0 Å². The second-order valence-electron chi connectivity index (χ2n) is 6.01. The van der Waals surface area contributed by atoms with Gasteiger partial charge in [0.25, 0.3) is 0 Å². The van der Waals surface area contributed by atoms with Gasteiger partial charge >= 0.3 is 0 Å². The van der Waals surface area contributed by atoms with Gasteiger partial charge in [-0.25, -0.2) is 13.1 Å². The molecule has 112 valence electrons. The fourth-order valence-corrected chi connectivity index (χ4v) is 3.43. The summed E-state index contributed by atoms with van der Waals surface area (Å²) in [6, 6.07) is 14.3. The molecule has 0 aliphatic rings. The molecule has 0 radical (unpaired) electrons. The normalized spacial score (nSPS) is 12.3. The Kier molecular flexibility index (Phi) is 4.07. The topological polar surface area (TPSA) is 72.2 Å². The highest BCUT2D eigenvalue weighted by atomic mass is 32.2. The van der Waals surface area contributed by atoms with Gasteiger partial charge in [-0.15, -0.1) is 0 Å². The SMILES string of the molecule is CC(C)(C)NS(=O)(=O)c1ccc(-c2cccc(N)c2)cc1. The molecule has 0 aliphatic carbocycles. The third-order valence-electron chi connectivity index (χ3n) is 2.83. The van der Waals surface area contributed by atoms with E-state index in [2.05, 4.69) is 4.72 Å². The first-order valence-electron chi connectivity index (χ1n) is 6.67. The smallest absolute Gasteiger partial charge is 0.241 e. The average molecular weight is 304 g/mol. The zero-order valence-electron chi connectivity index (χ0n) is 12.4. The van der Waals surface area contributed by atoms with Crippen molar-refractivity contribution in [2.24, 2.45) is 0 Å². The first-order chi connectivity index (χ1) is 9.67. The molecule has 0 bridgehead atoms. The van der Waals surface area contributed by atoms with Gasteiger partial charge in [0.2, 0.25) is 10.0 Å². The molecule has 0 atom stereocenters. The molecular formula is C16H20N2O2S. The lowest BCUT2D eigenvalue weighted by Crippen LogP contribution is -2.40. The maximum Gasteiger partial charge on any atom is 0.241 e. The number of nitrogens with two attached hydrogens (primary N) is 1. The first-order valence-corrected chi connectivity index (χ1v) is 8.16. The number of benzene rings is 2. The van der Waals surface area contributed by atoms with Crippen molar-refractivity contribution in [3.63, 3.8) is 0 Å². The Labute approximate surface area is 126 Å². The van der Waals surface area contributed by atoms with Crippen LogP contribution in [-0.2, 0) is 10.0 Å². The Balaban J connectivity index is 2.31. The van der Waals surface area contributed by atoms with E-state index in [1.54, 1.807) is 24.3 Å². The van der Waals surface area contributed by atoms with Gasteiger partial charge in [-0.3, -0.25) is 0 Å². The van der Waals surface area contributed by atoms with Gasteiger partial charge in [0.05, 0.1) is 4.90 Å². The third-order valence-corrected chi connectivity index (χ3v) is 4.60. The maximum absolute atomic E-state index is 12.2. The lowest BCUT2D eigenvalue weighted by molar-refractivity contribution is 0.491. The van der Waals surface area contributed by atoms with Gasteiger partial charge in [-0.1, -0.05) is 24.3 Å². The summed E-state index contributed by atoms with van der Waals surface area (Å²) in [5.41, 5.74) is 7.82. The fraction of sp³-hybridized carbons (Fsp3) is 0.250. The Bertz CT molecular complexity index is 730. The molecule has 0 aromatic heterocycles. The van der Waals surface area contributed by atoms with Crippen LogP contribution in [0.15, 0.2) is 53.4 Å². The average Bonchev–Trinajstić information content (AvgIpc) is 2.36. The highest BCUT2D eigenvalue weighted by molar-refractivity contribution is 7.89. The summed E-state index contributed by atoms with van der Waals surface area (Å²) in [7, 11) is -3.50. The van der Waals surface area contributed by atoms with Gasteiger partial charge in [0, 0.05) is 11.2 Å². The third kappa shape index (κ3) is 4.06. The number of nitrogen functional groups attached to an aromatic ring is 1. The van der Waals surface area contributed by atoms with Crippen LogP contribution in [0.25, 0.3) is 11.1 Å². The van der Waals surface area contributed by atoms with Gasteiger partial charge in [0.15, 0.2) is 0 Å². The van der Waals surface area contributed by atoms with Crippen molar-refractivity contribution >= 4 is 15.7 Å². The molecule has 21 heavy (non-hydrogen) atoms. The molecule has 2 rings (SSSR count). The summed E-state index contributed by atoms with van der Waals surface area (Å²) >= 11 is 0. The van der Waals surface area contributed by atoms with E-state index in [1.165, 1.54) is 0 Å². The number of anilines is 1. The van der Waals surface area contributed by atoms with Crippen molar-refractivity contribution in [3.05, 3.63) is 48.5 Å². The van der Waals surface area contributed by atoms with Gasteiger partial charge < -0.3 is 5.73 Å². The largest absolute Gasteiger partial charge is 0.399 e. The van der Waals surface area contributed by atoms with Crippen molar-refractivity contribution in [2.45, 2.75) is 31.2 Å². The highest BCUT2D eigenvalue weighted by Gasteiger charge is 2.21. The molecule has 2 aromatic rings. The van der Waals surface area contributed by atoms with Crippen LogP contribution in [0.4, 0.5) is 5.69 Å². The second-order valence-corrected chi connectivity index (χ2v) is 7.69. The van der Waals surface area contributed by atoms with Crippen LogP contribution in [0.3, 0.4) is 0 Å². The molecule has 5 heteroatoms. The Morgan fingerprint density at radius 3 is 2.10 bits per heavy atom. The molecule has 0 saturated heterocycles. The minimum Gasteiger partial charge on any atom is -0.399 e. The summed E-state index contributed by atoms with van der Waals surface area (Å²) in [6.07, 6.45) is 0. The summed E-state index contributed by atoms with van der Waals surface area (Å²) < 4.78 is 27.1. The standard InChI is InChI=1S/C16H20N2O2S/c1-16(2,3)18-21(19,20)15-9-7-12(8-10-15)13-5-4-6-14(17)11-13/h4-11,18H,17H2,1-3H3. The van der Waals surface area contributed by atoms with E-state index in [-0.39, 0.29) is 4.90 Å². The van der Waals surface area contributed by atoms with E-state index in [9.17, 15) is 8.42 Å². The van der Waals surface area contributed by atoms with E-state index >= 15 is 0 Å². The lowest BCUT2D eigenvalue weighted by Gasteiger charge is -2.20. The first kappa shape index (κ1) is 15.5. The predicted molar refractivity (Wildman–Crippen MR) is 86.4 cm³/mol. The van der Waals surface area contributed by atoms with Crippen molar-refractivity contribution in [1.29, 1.82) is 0 Å². The zero-order chi connectivity index (χ0) is 15.7. The van der Waals surface area contributed by atoms with Crippen molar-refractivity contribution in [3.8, 4) is 11.1 Å². The van der Waals surface area contributed by atoms with Crippen molar-refractivity contribution < 1.29 is 8.42 Å². The number of hydrogen-bond acceptors (Lipinski definition) is 3. The van der Waals surface area contributed by atoms with Crippen LogP contribution in [0.2, 0.25) is 0 Å². The van der Waals surface area contributed by atoms with Crippen LogP contribution >= 0.6 is 0 Å². The van der Waals surface area contributed by atoms with Crippen LogP contribution in [0.5, 0.6) is 0 Å². The van der Waals surface area contributed by atoms with Gasteiger partial charge in [-0.2, -0.15) is 0 Å². The van der Waals surface area contributed by atoms with E-state index in [4.69, 9.17) is 5.73 Å². The Hall–Kier alpha value is -1.85. The summed E-state index contributed by atoms with van der Waals surface area (Å²) in [5, 5.41) is 0. The second kappa shape index (κ2) is 5.50. The molecule has 3 N–H and O–H groups in total. The quantitative estimate of drug-likeness (QED) is 0.856. The van der Waals surface area contributed by atoms with Crippen LogP contribution < -0.4 is 10.5 Å². The summed E-state index contributed by atoms with van der Waals surface area (Å²) in [4.78, 5) is 0.255. The number of hydrogen-bond donors (Lipinski definition) is 2. The monoisotopic (exact) mass is 304 g/mol. The van der Waals surface area contributed by atoms with E-state index in [1.807, 2.05) is 45.0 Å². The lowest BCUT2D eigenvalue weighted by atomic mass is 10.1.